The summed E-state index contributed by atoms with van der Waals surface area (Å²) in [7, 11) is 0. The fraction of sp³-hybridized carbons (Fsp3) is 0.118. The van der Waals surface area contributed by atoms with Crippen LogP contribution < -0.4 is 0 Å². The number of Topliss-reactive ketones (excluding diaryl/α,β-unsaturated/α-hetero) is 1. The number of ketones is 1. The number of benzene rings is 1. The van der Waals surface area contributed by atoms with Crippen molar-refractivity contribution in [2.45, 2.75) is 13.0 Å². The van der Waals surface area contributed by atoms with Gasteiger partial charge < -0.3 is 8.98 Å². The van der Waals surface area contributed by atoms with Crippen LogP contribution >= 0.6 is 0 Å². The second-order valence-electron chi connectivity index (χ2n) is 5.38. The van der Waals surface area contributed by atoms with Crippen molar-refractivity contribution < 1.29 is 9.21 Å². The first-order valence-electron chi connectivity index (χ1n) is 7.40. The first kappa shape index (κ1) is 14.3. The number of fused-ring (bicyclic) bond motifs is 1. The zero-order chi connectivity index (χ0) is 16.4. The van der Waals surface area contributed by atoms with E-state index in [1.165, 1.54) is 6.39 Å². The second kappa shape index (κ2) is 6.04. The number of hydrogen-bond acceptors (Lipinski definition) is 6. The zero-order valence-corrected chi connectivity index (χ0v) is 12.7. The van der Waals surface area contributed by atoms with Crippen molar-refractivity contribution in [3.63, 3.8) is 0 Å². The summed E-state index contributed by atoms with van der Waals surface area (Å²) in [5, 5.41) is 0.907. The highest BCUT2D eigenvalue weighted by Crippen LogP contribution is 2.22. The van der Waals surface area contributed by atoms with Gasteiger partial charge in [0.15, 0.2) is 17.9 Å². The van der Waals surface area contributed by atoms with Gasteiger partial charge in [0.1, 0.15) is 5.82 Å². The Hall–Kier alpha value is -3.35. The molecule has 3 aromatic heterocycles. The Morgan fingerprint density at radius 2 is 2.17 bits per heavy atom. The molecule has 7 heteroatoms. The van der Waals surface area contributed by atoms with E-state index in [0.717, 1.165) is 16.5 Å². The maximum atomic E-state index is 12.1. The minimum atomic E-state index is 0.0266. The molecule has 0 spiro atoms. The standard InChI is InChI=1S/C17H13N5O2/c23-14(9-22-4-3-18-10-22)6-17-20-7-13-2-1-12(5-15(13)21-17)16-8-19-11-24-16/h1-5,7-8,10-11H,6,9H2. The van der Waals surface area contributed by atoms with Crippen molar-refractivity contribution in [3.8, 4) is 11.3 Å². The zero-order valence-electron chi connectivity index (χ0n) is 12.7. The van der Waals surface area contributed by atoms with Crippen molar-refractivity contribution >= 4 is 16.7 Å². The average Bonchev–Trinajstić information content (AvgIpc) is 3.27. The summed E-state index contributed by atoms with van der Waals surface area (Å²) < 4.78 is 7.03. The lowest BCUT2D eigenvalue weighted by Crippen LogP contribution is -2.13. The molecule has 0 saturated heterocycles. The fourth-order valence-corrected chi connectivity index (χ4v) is 2.47. The van der Waals surface area contributed by atoms with Crippen LogP contribution in [0, 0.1) is 0 Å². The molecular formula is C17H13N5O2. The van der Waals surface area contributed by atoms with Crippen LogP contribution in [0.25, 0.3) is 22.2 Å². The number of carbonyl (C=O) groups excluding carboxylic acids is 1. The van der Waals surface area contributed by atoms with E-state index in [1.54, 1.807) is 35.7 Å². The maximum Gasteiger partial charge on any atom is 0.181 e. The summed E-state index contributed by atoms with van der Waals surface area (Å²) in [4.78, 5) is 28.7. The molecule has 0 radical (unpaired) electrons. The summed E-state index contributed by atoms with van der Waals surface area (Å²) in [5.41, 5.74) is 1.65. The Morgan fingerprint density at radius 3 is 2.96 bits per heavy atom. The SMILES string of the molecule is O=C(Cc1ncc2ccc(-c3cnco3)cc2n1)Cn1ccnc1. The third-order valence-electron chi connectivity index (χ3n) is 3.62. The molecule has 24 heavy (non-hydrogen) atoms. The minimum Gasteiger partial charge on any atom is -0.444 e. The molecule has 0 aliphatic carbocycles. The van der Waals surface area contributed by atoms with Gasteiger partial charge in [-0.3, -0.25) is 4.79 Å². The fourth-order valence-electron chi connectivity index (χ4n) is 2.47. The highest BCUT2D eigenvalue weighted by atomic mass is 16.3. The summed E-state index contributed by atoms with van der Waals surface area (Å²) in [6, 6.07) is 5.75. The summed E-state index contributed by atoms with van der Waals surface area (Å²) in [6.45, 7) is 0.263. The van der Waals surface area contributed by atoms with E-state index in [9.17, 15) is 4.79 Å². The van der Waals surface area contributed by atoms with Crippen LogP contribution in [0.4, 0.5) is 0 Å². The Morgan fingerprint density at radius 1 is 1.21 bits per heavy atom. The van der Waals surface area contributed by atoms with Crippen LogP contribution in [-0.4, -0.2) is 30.3 Å². The first-order valence-corrected chi connectivity index (χ1v) is 7.40. The molecule has 0 bridgehead atoms. The molecule has 0 fully saturated rings. The molecule has 0 unspecified atom stereocenters. The van der Waals surface area contributed by atoms with Crippen LogP contribution in [0.5, 0.6) is 0 Å². The summed E-state index contributed by atoms with van der Waals surface area (Å²) >= 11 is 0. The third-order valence-corrected chi connectivity index (χ3v) is 3.62. The highest BCUT2D eigenvalue weighted by molar-refractivity contribution is 5.84. The number of nitrogens with zero attached hydrogens (tertiary/aromatic N) is 5. The van der Waals surface area contributed by atoms with Crippen LogP contribution in [0.15, 0.2) is 60.1 Å². The van der Waals surface area contributed by atoms with Gasteiger partial charge in [0, 0.05) is 29.5 Å². The van der Waals surface area contributed by atoms with Crippen molar-refractivity contribution in [2.75, 3.05) is 0 Å². The van der Waals surface area contributed by atoms with E-state index in [4.69, 9.17) is 4.42 Å². The largest absolute Gasteiger partial charge is 0.444 e. The smallest absolute Gasteiger partial charge is 0.181 e. The number of carbonyl (C=O) groups is 1. The van der Waals surface area contributed by atoms with Gasteiger partial charge in [-0.05, 0) is 6.07 Å². The third kappa shape index (κ3) is 2.91. The number of imidazole rings is 1. The maximum absolute atomic E-state index is 12.1. The van der Waals surface area contributed by atoms with Crippen molar-refractivity contribution in [1.29, 1.82) is 0 Å². The lowest BCUT2D eigenvalue weighted by molar-refractivity contribution is -0.119. The molecule has 0 aliphatic heterocycles. The van der Waals surface area contributed by atoms with E-state index in [2.05, 4.69) is 19.9 Å². The van der Waals surface area contributed by atoms with Gasteiger partial charge in [-0.15, -0.1) is 0 Å². The molecule has 7 nitrogen and oxygen atoms in total. The monoisotopic (exact) mass is 319 g/mol. The molecule has 0 saturated carbocycles. The van der Waals surface area contributed by atoms with Crippen molar-refractivity contribution in [1.82, 2.24) is 24.5 Å². The quantitative estimate of drug-likeness (QED) is 0.561. The van der Waals surface area contributed by atoms with E-state index >= 15 is 0 Å². The van der Waals surface area contributed by atoms with Crippen LogP contribution in [0.3, 0.4) is 0 Å². The van der Waals surface area contributed by atoms with E-state index in [0.29, 0.717) is 11.6 Å². The van der Waals surface area contributed by atoms with Gasteiger partial charge in [-0.1, -0.05) is 12.1 Å². The number of aromatic nitrogens is 5. The molecule has 4 aromatic rings. The summed E-state index contributed by atoms with van der Waals surface area (Å²) in [6.07, 6.45) is 9.96. The van der Waals surface area contributed by atoms with Gasteiger partial charge in [0.05, 0.1) is 31.0 Å². The average molecular weight is 319 g/mol. The predicted octanol–water partition coefficient (Wildman–Crippen LogP) is 2.29. The molecule has 0 atom stereocenters. The molecule has 4 rings (SSSR count). The summed E-state index contributed by atoms with van der Waals surface area (Å²) in [5.74, 6) is 1.20. The number of oxazole rings is 1. The Balaban J connectivity index is 1.58. The van der Waals surface area contributed by atoms with Gasteiger partial charge in [-0.2, -0.15) is 0 Å². The lowest BCUT2D eigenvalue weighted by atomic mass is 10.1. The number of hydrogen-bond donors (Lipinski definition) is 0. The Kier molecular flexibility index (Phi) is 3.59. The van der Waals surface area contributed by atoms with Gasteiger partial charge in [-0.25, -0.2) is 19.9 Å². The highest BCUT2D eigenvalue weighted by Gasteiger charge is 2.09. The number of rotatable bonds is 5. The predicted molar refractivity (Wildman–Crippen MR) is 86.0 cm³/mol. The molecule has 0 amide bonds. The molecule has 0 N–H and O–H groups in total. The van der Waals surface area contributed by atoms with E-state index < -0.39 is 0 Å². The molecule has 0 aliphatic rings. The van der Waals surface area contributed by atoms with Crippen LogP contribution in [0.2, 0.25) is 0 Å². The Bertz CT molecular complexity index is 978. The minimum absolute atomic E-state index is 0.0266. The van der Waals surface area contributed by atoms with Crippen molar-refractivity contribution in [3.05, 3.63) is 61.5 Å². The molecule has 1 aromatic carbocycles. The van der Waals surface area contributed by atoms with Crippen LogP contribution in [0.1, 0.15) is 5.82 Å². The van der Waals surface area contributed by atoms with Gasteiger partial charge in [0.25, 0.3) is 0 Å². The van der Waals surface area contributed by atoms with E-state index in [-0.39, 0.29) is 18.7 Å². The second-order valence-corrected chi connectivity index (χ2v) is 5.38. The molecule has 118 valence electrons. The first-order chi connectivity index (χ1) is 11.8. The molecule has 3 heterocycles. The lowest BCUT2D eigenvalue weighted by Gasteiger charge is -2.04. The topological polar surface area (TPSA) is 86.7 Å². The van der Waals surface area contributed by atoms with Gasteiger partial charge >= 0.3 is 0 Å². The van der Waals surface area contributed by atoms with Gasteiger partial charge in [0.2, 0.25) is 0 Å². The van der Waals surface area contributed by atoms with Crippen LogP contribution in [-0.2, 0) is 17.8 Å². The molecular weight excluding hydrogens is 306 g/mol. The van der Waals surface area contributed by atoms with Crippen molar-refractivity contribution in [2.24, 2.45) is 0 Å². The normalized spacial score (nSPS) is 11.0. The van der Waals surface area contributed by atoms with E-state index in [1.807, 2.05) is 18.2 Å². The Labute approximate surface area is 137 Å².